The first kappa shape index (κ1) is 15.1. The van der Waals surface area contributed by atoms with E-state index >= 15 is 0 Å². The summed E-state index contributed by atoms with van der Waals surface area (Å²) in [6, 6.07) is 4.90. The topological polar surface area (TPSA) is 40.5 Å². The second kappa shape index (κ2) is 7.45. The highest BCUT2D eigenvalue weighted by Gasteiger charge is 2.10. The second-order valence-electron chi connectivity index (χ2n) is 4.77. The van der Waals surface area contributed by atoms with Crippen molar-refractivity contribution in [2.75, 3.05) is 24.6 Å². The van der Waals surface area contributed by atoms with E-state index in [2.05, 4.69) is 4.90 Å². The van der Waals surface area contributed by atoms with Crippen molar-refractivity contribution >= 4 is 23.8 Å². The summed E-state index contributed by atoms with van der Waals surface area (Å²) in [6.07, 6.45) is 3.45. The van der Waals surface area contributed by atoms with E-state index in [4.69, 9.17) is 5.11 Å². The molecule has 2 rings (SSSR count). The van der Waals surface area contributed by atoms with Crippen LogP contribution in [0.3, 0.4) is 0 Å². The Labute approximate surface area is 122 Å². The molecule has 1 aromatic rings. The number of nitrogens with zero attached hydrogens (tertiary/aromatic N) is 1. The average Bonchev–Trinajstić information content (AvgIpc) is 2.68. The molecule has 0 aliphatic carbocycles. The summed E-state index contributed by atoms with van der Waals surface area (Å²) in [5, 5.41) is 8.61. The third-order valence-electron chi connectivity index (χ3n) is 3.19. The van der Waals surface area contributed by atoms with Crippen LogP contribution >= 0.6 is 11.8 Å². The van der Waals surface area contributed by atoms with Crippen LogP contribution in [0.5, 0.6) is 0 Å². The number of thioether (sulfide) groups is 1. The smallest absolute Gasteiger partial charge is 0.328 e. The van der Waals surface area contributed by atoms with E-state index < -0.39 is 11.8 Å². The van der Waals surface area contributed by atoms with Crippen LogP contribution in [0.15, 0.2) is 24.3 Å². The molecular weight excluding hydrogens is 277 g/mol. The van der Waals surface area contributed by atoms with Crippen molar-refractivity contribution in [3.63, 3.8) is 0 Å². The van der Waals surface area contributed by atoms with Crippen molar-refractivity contribution in [3.8, 4) is 0 Å². The zero-order chi connectivity index (χ0) is 14.4. The van der Waals surface area contributed by atoms with E-state index in [-0.39, 0.29) is 0 Å². The third kappa shape index (κ3) is 4.65. The monoisotopic (exact) mass is 295 g/mol. The summed E-state index contributed by atoms with van der Waals surface area (Å²) >= 11 is 1.97. The Morgan fingerprint density at radius 1 is 1.40 bits per heavy atom. The fourth-order valence-electron chi connectivity index (χ4n) is 2.19. The molecule has 0 bridgehead atoms. The fourth-order valence-corrected chi connectivity index (χ4v) is 3.12. The lowest BCUT2D eigenvalue weighted by Crippen LogP contribution is -2.25. The number of hydrogen-bond donors (Lipinski definition) is 1. The normalized spacial score (nSPS) is 17.2. The Hall–Kier alpha value is -1.33. The van der Waals surface area contributed by atoms with Crippen molar-refractivity contribution in [1.82, 2.24) is 4.90 Å². The van der Waals surface area contributed by atoms with Gasteiger partial charge in [0.25, 0.3) is 0 Å². The van der Waals surface area contributed by atoms with Crippen LogP contribution in [-0.4, -0.2) is 40.6 Å². The van der Waals surface area contributed by atoms with Crippen LogP contribution in [0.4, 0.5) is 4.39 Å². The van der Waals surface area contributed by atoms with Crippen molar-refractivity contribution in [2.45, 2.75) is 13.0 Å². The van der Waals surface area contributed by atoms with Gasteiger partial charge < -0.3 is 5.11 Å². The molecule has 1 saturated heterocycles. The van der Waals surface area contributed by atoms with Crippen LogP contribution in [0.25, 0.3) is 6.08 Å². The summed E-state index contributed by atoms with van der Waals surface area (Å²) in [7, 11) is 0. The predicted octanol–water partition coefficient (Wildman–Crippen LogP) is 2.86. The maximum atomic E-state index is 13.6. The summed E-state index contributed by atoms with van der Waals surface area (Å²) in [6.45, 7) is 2.89. The van der Waals surface area contributed by atoms with Crippen molar-refractivity contribution in [2.24, 2.45) is 0 Å². The molecule has 1 N–H and O–H groups in total. The van der Waals surface area contributed by atoms with Crippen molar-refractivity contribution < 1.29 is 14.3 Å². The zero-order valence-corrected chi connectivity index (χ0v) is 12.0. The van der Waals surface area contributed by atoms with Crippen molar-refractivity contribution in [3.05, 3.63) is 41.2 Å². The van der Waals surface area contributed by atoms with Gasteiger partial charge in [0, 0.05) is 30.5 Å². The fraction of sp³-hybridized carbons (Fsp3) is 0.400. The Balaban J connectivity index is 2.08. The molecule has 1 fully saturated rings. The van der Waals surface area contributed by atoms with Gasteiger partial charge in [-0.2, -0.15) is 11.8 Å². The molecule has 3 nitrogen and oxygen atoms in total. The lowest BCUT2D eigenvalue weighted by atomic mass is 10.1. The van der Waals surface area contributed by atoms with Gasteiger partial charge in [-0.1, -0.05) is 6.07 Å². The predicted molar refractivity (Wildman–Crippen MR) is 80.3 cm³/mol. The number of carboxylic acids is 1. The Morgan fingerprint density at radius 3 is 3.05 bits per heavy atom. The molecule has 108 valence electrons. The average molecular weight is 295 g/mol. The van der Waals surface area contributed by atoms with Gasteiger partial charge in [0.1, 0.15) is 5.82 Å². The Kier molecular flexibility index (Phi) is 5.61. The summed E-state index contributed by atoms with van der Waals surface area (Å²) in [5.41, 5.74) is 1.34. The number of benzene rings is 1. The summed E-state index contributed by atoms with van der Waals surface area (Å²) in [4.78, 5) is 12.9. The number of hydrogen-bond acceptors (Lipinski definition) is 3. The summed E-state index contributed by atoms with van der Waals surface area (Å²) < 4.78 is 13.6. The Morgan fingerprint density at radius 2 is 2.25 bits per heavy atom. The molecule has 0 amide bonds. The minimum atomic E-state index is -1.07. The lowest BCUT2D eigenvalue weighted by molar-refractivity contribution is -0.131. The minimum Gasteiger partial charge on any atom is -0.478 e. The molecule has 0 saturated carbocycles. The highest BCUT2D eigenvalue weighted by Crippen LogP contribution is 2.16. The quantitative estimate of drug-likeness (QED) is 0.867. The Bertz CT molecular complexity index is 497. The number of carboxylic acid groups (broad SMARTS) is 1. The van der Waals surface area contributed by atoms with Gasteiger partial charge in [0.15, 0.2) is 0 Å². The molecule has 0 spiro atoms. The van der Waals surface area contributed by atoms with Crippen LogP contribution in [0.2, 0.25) is 0 Å². The van der Waals surface area contributed by atoms with E-state index in [1.54, 1.807) is 12.1 Å². The molecular formula is C15H18FNO2S. The van der Waals surface area contributed by atoms with Crippen LogP contribution < -0.4 is 0 Å². The largest absolute Gasteiger partial charge is 0.478 e. The molecule has 0 radical (unpaired) electrons. The molecule has 5 heteroatoms. The maximum absolute atomic E-state index is 13.6. The van der Waals surface area contributed by atoms with E-state index in [0.717, 1.165) is 37.0 Å². The van der Waals surface area contributed by atoms with E-state index in [9.17, 15) is 9.18 Å². The van der Waals surface area contributed by atoms with Gasteiger partial charge in [0.05, 0.1) is 0 Å². The first-order valence-electron chi connectivity index (χ1n) is 6.65. The van der Waals surface area contributed by atoms with E-state index in [0.29, 0.717) is 5.56 Å². The minimum absolute atomic E-state index is 0.328. The molecule has 1 aliphatic heterocycles. The standard InChI is InChI=1S/C15H18FNO2S/c16-14-4-2-12(10-13(14)3-5-15(18)19)11-17-6-1-8-20-9-7-17/h2-5,10H,1,6-9,11H2,(H,18,19). The molecule has 0 unspecified atom stereocenters. The first-order chi connectivity index (χ1) is 9.65. The molecule has 0 atom stereocenters. The number of carbonyl (C=O) groups is 1. The second-order valence-corrected chi connectivity index (χ2v) is 5.99. The van der Waals surface area contributed by atoms with E-state index in [1.165, 1.54) is 24.3 Å². The number of aliphatic carboxylic acids is 1. The van der Waals surface area contributed by atoms with Crippen molar-refractivity contribution in [1.29, 1.82) is 0 Å². The highest BCUT2D eigenvalue weighted by atomic mass is 32.2. The number of rotatable bonds is 4. The molecule has 1 aliphatic rings. The van der Waals surface area contributed by atoms with Gasteiger partial charge >= 0.3 is 5.97 Å². The maximum Gasteiger partial charge on any atom is 0.328 e. The molecule has 1 aromatic carbocycles. The third-order valence-corrected chi connectivity index (χ3v) is 4.24. The van der Waals surface area contributed by atoms with Gasteiger partial charge in [-0.05, 0) is 42.5 Å². The zero-order valence-electron chi connectivity index (χ0n) is 11.2. The van der Waals surface area contributed by atoms with Crippen LogP contribution in [0, 0.1) is 5.82 Å². The molecule has 0 aromatic heterocycles. The van der Waals surface area contributed by atoms with Gasteiger partial charge in [-0.3, -0.25) is 4.90 Å². The van der Waals surface area contributed by atoms with Gasteiger partial charge in [0.2, 0.25) is 0 Å². The van der Waals surface area contributed by atoms with Crippen LogP contribution in [-0.2, 0) is 11.3 Å². The molecule has 20 heavy (non-hydrogen) atoms. The highest BCUT2D eigenvalue weighted by molar-refractivity contribution is 7.99. The number of halogens is 1. The van der Waals surface area contributed by atoms with Gasteiger partial charge in [-0.15, -0.1) is 0 Å². The lowest BCUT2D eigenvalue weighted by Gasteiger charge is -2.19. The first-order valence-corrected chi connectivity index (χ1v) is 7.80. The van der Waals surface area contributed by atoms with Crippen LogP contribution in [0.1, 0.15) is 17.5 Å². The SMILES string of the molecule is O=C(O)C=Cc1cc(CN2CCCSCC2)ccc1F. The van der Waals surface area contributed by atoms with E-state index in [1.807, 2.05) is 11.8 Å². The molecule has 1 heterocycles. The van der Waals surface area contributed by atoms with Gasteiger partial charge in [-0.25, -0.2) is 9.18 Å². The summed E-state index contributed by atoms with van der Waals surface area (Å²) in [5.74, 6) is 0.872.